The number of ether oxygens (including phenoxy) is 3. The van der Waals surface area contributed by atoms with Gasteiger partial charge in [-0.05, 0) is 38.8 Å². The van der Waals surface area contributed by atoms with E-state index in [9.17, 15) is 14.0 Å². The van der Waals surface area contributed by atoms with Gasteiger partial charge in [-0.2, -0.15) is 0 Å². The van der Waals surface area contributed by atoms with E-state index in [0.717, 1.165) is 0 Å². The second-order valence-corrected chi connectivity index (χ2v) is 9.93. The SMILES string of the molecule is CC(C)COC(=O)[C@@H]1[C@H](C)[C@@H](Oc2nc3cc(F)ccc3nc2Cl)CN1C(=O)OC(C)(C)C. The second-order valence-electron chi connectivity index (χ2n) is 9.57. The Labute approximate surface area is 197 Å². The molecule has 0 spiro atoms. The van der Waals surface area contributed by atoms with E-state index in [1.54, 1.807) is 27.7 Å². The normalized spacial score (nSPS) is 20.9. The van der Waals surface area contributed by atoms with Crippen LogP contribution in [0.15, 0.2) is 18.2 Å². The van der Waals surface area contributed by atoms with Crippen molar-refractivity contribution in [3.05, 3.63) is 29.2 Å². The Morgan fingerprint density at radius 1 is 1.24 bits per heavy atom. The van der Waals surface area contributed by atoms with Gasteiger partial charge in [-0.15, -0.1) is 0 Å². The number of aromatic nitrogens is 2. The lowest BCUT2D eigenvalue weighted by atomic mass is 10.0. The van der Waals surface area contributed by atoms with Gasteiger partial charge in [-0.3, -0.25) is 4.90 Å². The molecule has 3 rings (SSSR count). The fraction of sp³-hybridized carbons (Fsp3) is 0.565. The third-order valence-corrected chi connectivity index (χ3v) is 5.29. The first-order chi connectivity index (χ1) is 15.4. The summed E-state index contributed by atoms with van der Waals surface area (Å²) < 4.78 is 30.5. The number of esters is 1. The van der Waals surface area contributed by atoms with E-state index >= 15 is 0 Å². The lowest BCUT2D eigenvalue weighted by molar-refractivity contribution is -0.151. The van der Waals surface area contributed by atoms with Gasteiger partial charge in [-0.25, -0.2) is 23.9 Å². The minimum atomic E-state index is -0.909. The van der Waals surface area contributed by atoms with Crippen molar-refractivity contribution in [2.45, 2.75) is 59.3 Å². The molecular weight excluding hydrogens is 453 g/mol. The van der Waals surface area contributed by atoms with Crippen LogP contribution >= 0.6 is 11.6 Å². The number of hydrogen-bond acceptors (Lipinski definition) is 7. The van der Waals surface area contributed by atoms with E-state index in [4.69, 9.17) is 25.8 Å². The lowest BCUT2D eigenvalue weighted by Crippen LogP contribution is -2.46. The molecule has 0 N–H and O–H groups in total. The molecule has 1 aliphatic rings. The van der Waals surface area contributed by atoms with Crippen molar-refractivity contribution < 1.29 is 28.2 Å². The summed E-state index contributed by atoms with van der Waals surface area (Å²) in [6.45, 7) is 11.1. The van der Waals surface area contributed by atoms with Gasteiger partial charge in [0.1, 0.15) is 23.6 Å². The Morgan fingerprint density at radius 2 is 1.94 bits per heavy atom. The number of halogens is 2. The standard InChI is InChI=1S/C23H29ClFN3O5/c1-12(2)11-31-21(29)18-13(3)17(10-28(18)22(30)33-23(4,5)6)32-20-19(24)26-15-8-7-14(25)9-16(15)27-20/h7-9,12-13,17-18H,10-11H2,1-6H3/t13-,17+,18+/m1/s1. The van der Waals surface area contributed by atoms with E-state index in [2.05, 4.69) is 9.97 Å². The average molecular weight is 482 g/mol. The largest absolute Gasteiger partial charge is 0.470 e. The summed E-state index contributed by atoms with van der Waals surface area (Å²) in [6, 6.07) is 3.05. The summed E-state index contributed by atoms with van der Waals surface area (Å²) in [5.74, 6) is -1.33. The van der Waals surface area contributed by atoms with Crippen LogP contribution in [-0.2, 0) is 14.3 Å². The van der Waals surface area contributed by atoms with Crippen molar-refractivity contribution in [1.29, 1.82) is 0 Å². The highest BCUT2D eigenvalue weighted by atomic mass is 35.5. The predicted octanol–water partition coefficient (Wildman–Crippen LogP) is 4.62. The van der Waals surface area contributed by atoms with Crippen molar-refractivity contribution in [3.8, 4) is 5.88 Å². The van der Waals surface area contributed by atoms with Gasteiger partial charge in [0, 0.05) is 12.0 Å². The molecule has 180 valence electrons. The molecule has 2 heterocycles. The fourth-order valence-electron chi connectivity index (χ4n) is 3.50. The summed E-state index contributed by atoms with van der Waals surface area (Å²) in [5.41, 5.74) is -0.0567. The predicted molar refractivity (Wildman–Crippen MR) is 121 cm³/mol. The molecule has 0 radical (unpaired) electrons. The average Bonchev–Trinajstić information content (AvgIpc) is 3.02. The van der Waals surface area contributed by atoms with Crippen LogP contribution < -0.4 is 4.74 Å². The van der Waals surface area contributed by atoms with Gasteiger partial charge in [0.25, 0.3) is 5.88 Å². The van der Waals surface area contributed by atoms with Crippen molar-refractivity contribution in [1.82, 2.24) is 14.9 Å². The van der Waals surface area contributed by atoms with Crippen LogP contribution in [0.5, 0.6) is 5.88 Å². The minimum absolute atomic E-state index is 0.00374. The third kappa shape index (κ3) is 6.01. The van der Waals surface area contributed by atoms with Crippen LogP contribution in [0.2, 0.25) is 5.15 Å². The molecule has 2 aromatic rings. The quantitative estimate of drug-likeness (QED) is 0.575. The van der Waals surface area contributed by atoms with Crippen LogP contribution in [0.4, 0.5) is 9.18 Å². The summed E-state index contributed by atoms with van der Waals surface area (Å²) in [7, 11) is 0. The van der Waals surface area contributed by atoms with Crippen molar-refractivity contribution >= 4 is 34.7 Å². The zero-order chi connectivity index (χ0) is 24.5. The van der Waals surface area contributed by atoms with E-state index in [1.807, 2.05) is 13.8 Å². The van der Waals surface area contributed by atoms with Crippen LogP contribution in [0.25, 0.3) is 11.0 Å². The smallest absolute Gasteiger partial charge is 0.411 e. The maximum atomic E-state index is 13.6. The first kappa shape index (κ1) is 25.0. The zero-order valence-corrected chi connectivity index (χ0v) is 20.4. The zero-order valence-electron chi connectivity index (χ0n) is 19.6. The van der Waals surface area contributed by atoms with E-state index < -0.39 is 41.5 Å². The molecule has 1 fully saturated rings. The summed E-state index contributed by atoms with van der Waals surface area (Å²) in [5, 5.41) is -0.00374. The number of carbonyl (C=O) groups is 2. The molecular formula is C23H29ClFN3O5. The van der Waals surface area contributed by atoms with Gasteiger partial charge >= 0.3 is 12.1 Å². The number of amides is 1. The van der Waals surface area contributed by atoms with Crippen LogP contribution in [-0.4, -0.2) is 57.8 Å². The number of rotatable bonds is 5. The van der Waals surface area contributed by atoms with Gasteiger partial charge in [0.2, 0.25) is 0 Å². The monoisotopic (exact) mass is 481 g/mol. The molecule has 1 saturated heterocycles. The lowest BCUT2D eigenvalue weighted by Gasteiger charge is -2.28. The molecule has 8 nitrogen and oxygen atoms in total. The third-order valence-electron chi connectivity index (χ3n) is 5.04. The number of fused-ring (bicyclic) bond motifs is 1. The summed E-state index contributed by atoms with van der Waals surface area (Å²) in [6.07, 6.45) is -1.29. The van der Waals surface area contributed by atoms with E-state index in [0.29, 0.717) is 5.52 Å². The van der Waals surface area contributed by atoms with E-state index in [1.165, 1.54) is 23.1 Å². The highest BCUT2D eigenvalue weighted by Crippen LogP contribution is 2.33. The molecule has 0 aliphatic carbocycles. The summed E-state index contributed by atoms with van der Waals surface area (Å²) >= 11 is 6.25. The highest BCUT2D eigenvalue weighted by Gasteiger charge is 2.49. The van der Waals surface area contributed by atoms with Crippen molar-refractivity contribution in [2.24, 2.45) is 11.8 Å². The molecule has 1 amide bonds. The molecule has 1 aromatic carbocycles. The highest BCUT2D eigenvalue weighted by molar-refractivity contribution is 6.31. The molecule has 10 heteroatoms. The topological polar surface area (TPSA) is 90.9 Å². The van der Waals surface area contributed by atoms with Gasteiger partial charge in [-0.1, -0.05) is 32.4 Å². The Balaban J connectivity index is 1.88. The Hall–Kier alpha value is -2.68. The number of likely N-dealkylation sites (tertiary alicyclic amines) is 1. The van der Waals surface area contributed by atoms with Crippen molar-refractivity contribution in [2.75, 3.05) is 13.2 Å². The molecule has 3 atom stereocenters. The van der Waals surface area contributed by atoms with E-state index in [-0.39, 0.29) is 35.6 Å². The maximum Gasteiger partial charge on any atom is 0.411 e. The molecule has 33 heavy (non-hydrogen) atoms. The fourth-order valence-corrected chi connectivity index (χ4v) is 3.68. The minimum Gasteiger partial charge on any atom is -0.470 e. The van der Waals surface area contributed by atoms with Crippen LogP contribution in [0.3, 0.4) is 0 Å². The Morgan fingerprint density at radius 3 is 2.58 bits per heavy atom. The van der Waals surface area contributed by atoms with Crippen LogP contribution in [0.1, 0.15) is 41.5 Å². The molecule has 0 unspecified atom stereocenters. The molecule has 0 bridgehead atoms. The van der Waals surface area contributed by atoms with Crippen LogP contribution in [0, 0.1) is 17.7 Å². The molecule has 1 aromatic heterocycles. The van der Waals surface area contributed by atoms with Gasteiger partial charge in [0.15, 0.2) is 5.15 Å². The first-order valence-corrected chi connectivity index (χ1v) is 11.2. The van der Waals surface area contributed by atoms with Crippen molar-refractivity contribution in [3.63, 3.8) is 0 Å². The number of benzene rings is 1. The number of nitrogens with zero attached hydrogens (tertiary/aromatic N) is 3. The second kappa shape index (κ2) is 9.67. The summed E-state index contributed by atoms with van der Waals surface area (Å²) in [4.78, 5) is 35.6. The number of hydrogen-bond donors (Lipinski definition) is 0. The first-order valence-electron chi connectivity index (χ1n) is 10.8. The Kier molecular flexibility index (Phi) is 7.31. The number of carbonyl (C=O) groups excluding carboxylic acids is 2. The molecule has 1 aliphatic heterocycles. The Bertz CT molecular complexity index is 1040. The van der Waals surface area contributed by atoms with Gasteiger partial charge < -0.3 is 14.2 Å². The maximum absolute atomic E-state index is 13.6. The molecule has 0 saturated carbocycles. The van der Waals surface area contributed by atoms with Gasteiger partial charge in [0.05, 0.1) is 24.2 Å².